The predicted octanol–water partition coefficient (Wildman–Crippen LogP) is 2.69. The molecule has 1 aromatic carbocycles. The first-order chi connectivity index (χ1) is 7.99. The minimum atomic E-state index is -1.15. The normalized spacial score (nSPS) is 10.5. The Morgan fingerprint density at radius 3 is 2.76 bits per heavy atom. The van der Waals surface area contributed by atoms with Crippen LogP contribution in [-0.2, 0) is 0 Å². The molecule has 0 aliphatic heterocycles. The van der Waals surface area contributed by atoms with Gasteiger partial charge >= 0.3 is 5.97 Å². The van der Waals surface area contributed by atoms with Gasteiger partial charge in [0.25, 0.3) is 5.82 Å². The van der Waals surface area contributed by atoms with Gasteiger partial charge in [0.15, 0.2) is 0 Å². The van der Waals surface area contributed by atoms with Crippen LogP contribution < -0.4 is 0 Å². The molecule has 1 heterocycles. The van der Waals surface area contributed by atoms with Gasteiger partial charge in [-0.3, -0.25) is 0 Å². The fourth-order valence-electron chi connectivity index (χ4n) is 1.34. The Bertz CT molecular complexity index is 597. The highest BCUT2D eigenvalue weighted by atomic mass is 79.9. The molecular weight excluding hydrogens is 309 g/mol. The summed E-state index contributed by atoms with van der Waals surface area (Å²) >= 11 is 9.17. The zero-order chi connectivity index (χ0) is 12.6. The third-order valence-electron chi connectivity index (χ3n) is 2.11. The van der Waals surface area contributed by atoms with E-state index in [1.807, 2.05) is 0 Å². The number of aromatic carboxylic acids is 1. The van der Waals surface area contributed by atoms with Crippen LogP contribution in [0.2, 0.25) is 5.02 Å². The van der Waals surface area contributed by atoms with Crippen molar-refractivity contribution in [2.24, 2.45) is 0 Å². The minimum Gasteiger partial charge on any atom is -0.475 e. The van der Waals surface area contributed by atoms with Gasteiger partial charge in [0.05, 0.1) is 10.7 Å². The maximum Gasteiger partial charge on any atom is 0.375 e. The lowest BCUT2D eigenvalue weighted by atomic mass is 10.3. The van der Waals surface area contributed by atoms with E-state index in [1.165, 1.54) is 4.68 Å². The van der Waals surface area contributed by atoms with E-state index in [-0.39, 0.29) is 5.82 Å². The zero-order valence-corrected chi connectivity index (χ0v) is 11.0. The number of hydrogen-bond acceptors (Lipinski definition) is 3. The molecule has 0 bridgehead atoms. The number of nitrogens with zero attached hydrogens (tertiary/aromatic N) is 3. The Kier molecular flexibility index (Phi) is 3.17. The van der Waals surface area contributed by atoms with Gasteiger partial charge < -0.3 is 5.11 Å². The molecule has 0 saturated carbocycles. The number of halogens is 2. The largest absolute Gasteiger partial charge is 0.475 e. The van der Waals surface area contributed by atoms with E-state index in [0.29, 0.717) is 21.0 Å². The van der Waals surface area contributed by atoms with Crippen molar-refractivity contribution in [2.45, 2.75) is 6.92 Å². The van der Waals surface area contributed by atoms with Crippen molar-refractivity contribution >= 4 is 33.5 Å². The van der Waals surface area contributed by atoms with Crippen LogP contribution in [0, 0.1) is 6.92 Å². The molecule has 0 aliphatic carbocycles. The van der Waals surface area contributed by atoms with Crippen LogP contribution in [0.1, 0.15) is 16.4 Å². The first kappa shape index (κ1) is 12.1. The molecule has 17 heavy (non-hydrogen) atoms. The maximum atomic E-state index is 10.8. The summed E-state index contributed by atoms with van der Waals surface area (Å²) in [6, 6.07) is 5.18. The van der Waals surface area contributed by atoms with E-state index >= 15 is 0 Å². The fourth-order valence-corrected chi connectivity index (χ4v) is 1.83. The van der Waals surface area contributed by atoms with E-state index in [0.717, 1.165) is 0 Å². The molecule has 2 rings (SSSR count). The van der Waals surface area contributed by atoms with E-state index in [2.05, 4.69) is 26.0 Å². The van der Waals surface area contributed by atoms with Crippen molar-refractivity contribution in [2.75, 3.05) is 0 Å². The molecule has 0 amide bonds. The van der Waals surface area contributed by atoms with Crippen LogP contribution in [-0.4, -0.2) is 25.8 Å². The summed E-state index contributed by atoms with van der Waals surface area (Å²) < 4.78 is 2.16. The average Bonchev–Trinajstić information content (AvgIpc) is 2.65. The SMILES string of the molecule is Cc1nc(C(=O)O)nn1-c1ccc(Cl)c(Br)c1. The summed E-state index contributed by atoms with van der Waals surface area (Å²) in [5.41, 5.74) is 0.693. The van der Waals surface area contributed by atoms with Crippen molar-refractivity contribution in [3.63, 3.8) is 0 Å². The highest BCUT2D eigenvalue weighted by Gasteiger charge is 2.14. The molecule has 0 radical (unpaired) electrons. The summed E-state index contributed by atoms with van der Waals surface area (Å²) in [6.07, 6.45) is 0. The van der Waals surface area contributed by atoms with Crippen molar-refractivity contribution < 1.29 is 9.90 Å². The quantitative estimate of drug-likeness (QED) is 0.925. The number of hydrogen-bond donors (Lipinski definition) is 1. The Morgan fingerprint density at radius 2 is 2.24 bits per heavy atom. The number of carboxylic acids is 1. The lowest BCUT2D eigenvalue weighted by Gasteiger charge is -2.04. The molecular formula is C10H7BrClN3O2. The molecule has 0 saturated heterocycles. The lowest BCUT2D eigenvalue weighted by molar-refractivity contribution is 0.0683. The van der Waals surface area contributed by atoms with Crippen molar-refractivity contribution in [3.8, 4) is 5.69 Å². The molecule has 88 valence electrons. The van der Waals surface area contributed by atoms with Gasteiger partial charge in [-0.1, -0.05) is 11.6 Å². The standard InChI is InChI=1S/C10H7BrClN3O2/c1-5-13-9(10(16)17)14-15(5)6-2-3-8(12)7(11)4-6/h2-4H,1H3,(H,16,17). The number of aryl methyl sites for hydroxylation is 1. The van der Waals surface area contributed by atoms with Crippen LogP contribution in [0.5, 0.6) is 0 Å². The molecule has 0 fully saturated rings. The Morgan fingerprint density at radius 1 is 1.53 bits per heavy atom. The monoisotopic (exact) mass is 315 g/mol. The number of benzene rings is 1. The van der Waals surface area contributed by atoms with Crippen LogP contribution in [0.4, 0.5) is 0 Å². The summed E-state index contributed by atoms with van der Waals surface area (Å²) in [5, 5.41) is 13.3. The molecule has 2 aromatic rings. The van der Waals surface area contributed by atoms with Gasteiger partial charge in [-0.05, 0) is 41.1 Å². The second kappa shape index (κ2) is 4.46. The second-order valence-electron chi connectivity index (χ2n) is 3.30. The van der Waals surface area contributed by atoms with Crippen LogP contribution in [0.15, 0.2) is 22.7 Å². The first-order valence-corrected chi connectivity index (χ1v) is 5.78. The summed E-state index contributed by atoms with van der Waals surface area (Å²) in [6.45, 7) is 1.68. The van der Waals surface area contributed by atoms with Gasteiger partial charge in [-0.2, -0.15) is 0 Å². The predicted molar refractivity (Wildman–Crippen MR) is 65.8 cm³/mol. The van der Waals surface area contributed by atoms with Crippen LogP contribution in [0.25, 0.3) is 5.69 Å². The van der Waals surface area contributed by atoms with Gasteiger partial charge in [-0.15, -0.1) is 5.10 Å². The highest BCUT2D eigenvalue weighted by Crippen LogP contribution is 2.25. The Labute approximate surface area is 110 Å². The van der Waals surface area contributed by atoms with Crippen molar-refractivity contribution in [3.05, 3.63) is 39.3 Å². The summed E-state index contributed by atoms with van der Waals surface area (Å²) in [5.74, 6) is -0.884. The molecule has 0 unspecified atom stereocenters. The third kappa shape index (κ3) is 2.32. The number of carboxylic acid groups (broad SMARTS) is 1. The summed E-state index contributed by atoms with van der Waals surface area (Å²) in [7, 11) is 0. The molecule has 0 aliphatic rings. The molecule has 7 heteroatoms. The van der Waals surface area contributed by atoms with Crippen molar-refractivity contribution in [1.82, 2.24) is 14.8 Å². The fraction of sp³-hybridized carbons (Fsp3) is 0.100. The number of aromatic nitrogens is 3. The summed E-state index contributed by atoms with van der Waals surface area (Å²) in [4.78, 5) is 14.6. The highest BCUT2D eigenvalue weighted by molar-refractivity contribution is 9.10. The smallest absolute Gasteiger partial charge is 0.375 e. The van der Waals surface area contributed by atoms with Gasteiger partial charge in [0.1, 0.15) is 5.82 Å². The number of carbonyl (C=O) groups is 1. The molecule has 5 nitrogen and oxygen atoms in total. The van der Waals surface area contributed by atoms with Gasteiger partial charge in [0.2, 0.25) is 0 Å². The first-order valence-electron chi connectivity index (χ1n) is 4.61. The van der Waals surface area contributed by atoms with Crippen molar-refractivity contribution in [1.29, 1.82) is 0 Å². The zero-order valence-electron chi connectivity index (χ0n) is 8.69. The van der Waals surface area contributed by atoms with Crippen LogP contribution >= 0.6 is 27.5 Å². The second-order valence-corrected chi connectivity index (χ2v) is 4.56. The average molecular weight is 317 g/mol. The van der Waals surface area contributed by atoms with E-state index in [4.69, 9.17) is 16.7 Å². The van der Waals surface area contributed by atoms with E-state index < -0.39 is 5.97 Å². The molecule has 1 N–H and O–H groups in total. The number of rotatable bonds is 2. The minimum absolute atomic E-state index is 0.228. The van der Waals surface area contributed by atoms with Crippen LogP contribution in [0.3, 0.4) is 0 Å². The third-order valence-corrected chi connectivity index (χ3v) is 3.32. The maximum absolute atomic E-state index is 10.8. The van der Waals surface area contributed by atoms with E-state index in [9.17, 15) is 4.79 Å². The topological polar surface area (TPSA) is 68.0 Å². The Hall–Kier alpha value is -1.40. The molecule has 0 spiro atoms. The lowest BCUT2D eigenvalue weighted by Crippen LogP contribution is -2.02. The van der Waals surface area contributed by atoms with E-state index in [1.54, 1.807) is 25.1 Å². The Balaban J connectivity index is 2.52. The van der Waals surface area contributed by atoms with Gasteiger partial charge in [-0.25, -0.2) is 14.5 Å². The molecule has 0 atom stereocenters. The molecule has 1 aromatic heterocycles. The van der Waals surface area contributed by atoms with Gasteiger partial charge in [0, 0.05) is 4.47 Å².